The summed E-state index contributed by atoms with van der Waals surface area (Å²) in [5, 5.41) is 7.57. The molecule has 1 atom stereocenters. The number of benzene rings is 2. The largest absolute Gasteiger partial charge is 0.323 e. The molecule has 26 heavy (non-hydrogen) atoms. The van der Waals surface area contributed by atoms with Crippen molar-refractivity contribution in [1.29, 1.82) is 0 Å². The van der Waals surface area contributed by atoms with Crippen LogP contribution in [0, 0.1) is 0 Å². The second kappa shape index (κ2) is 8.12. The van der Waals surface area contributed by atoms with E-state index in [1.54, 1.807) is 29.2 Å². The van der Waals surface area contributed by atoms with Gasteiger partial charge in [0, 0.05) is 11.1 Å². The van der Waals surface area contributed by atoms with Crippen molar-refractivity contribution < 1.29 is 4.79 Å². The van der Waals surface area contributed by atoms with E-state index in [0.717, 1.165) is 5.56 Å². The minimum absolute atomic E-state index is 0.121. The highest BCUT2D eigenvalue weighted by molar-refractivity contribution is 6.31. The summed E-state index contributed by atoms with van der Waals surface area (Å²) in [6, 6.07) is 15.5. The van der Waals surface area contributed by atoms with Gasteiger partial charge in [-0.25, -0.2) is 9.67 Å². The minimum atomic E-state index is -0.126. The average Bonchev–Trinajstić information content (AvgIpc) is 3.16. The molecule has 7 heteroatoms. The first-order valence-electron chi connectivity index (χ1n) is 8.24. The molecular weight excluding hydrogens is 350 g/mol. The van der Waals surface area contributed by atoms with E-state index in [1.807, 2.05) is 30.1 Å². The Morgan fingerprint density at radius 1 is 1.27 bits per heavy atom. The second-order valence-electron chi connectivity index (χ2n) is 6.05. The number of aromatic nitrogens is 3. The third-order valence-corrected chi connectivity index (χ3v) is 4.47. The highest BCUT2D eigenvalue weighted by Crippen LogP contribution is 2.24. The van der Waals surface area contributed by atoms with Gasteiger partial charge in [-0.15, -0.1) is 0 Å². The predicted molar refractivity (Wildman–Crippen MR) is 102 cm³/mol. The van der Waals surface area contributed by atoms with Gasteiger partial charge in [-0.3, -0.25) is 9.69 Å². The number of halogens is 1. The highest BCUT2D eigenvalue weighted by Gasteiger charge is 2.16. The summed E-state index contributed by atoms with van der Waals surface area (Å²) in [5.74, 6) is -0.126. The first-order valence-corrected chi connectivity index (χ1v) is 8.62. The molecule has 0 saturated carbocycles. The van der Waals surface area contributed by atoms with E-state index >= 15 is 0 Å². The fraction of sp³-hybridized carbons (Fsp3) is 0.211. The molecule has 2 aromatic carbocycles. The van der Waals surface area contributed by atoms with E-state index in [1.165, 1.54) is 6.33 Å². The molecule has 0 aliphatic rings. The molecule has 3 rings (SSSR count). The number of likely N-dealkylation sites (N-methyl/N-ethyl adjacent to an activating group) is 1. The van der Waals surface area contributed by atoms with Gasteiger partial charge < -0.3 is 5.32 Å². The van der Waals surface area contributed by atoms with E-state index in [9.17, 15) is 4.79 Å². The van der Waals surface area contributed by atoms with Gasteiger partial charge in [-0.05, 0) is 37.7 Å². The zero-order chi connectivity index (χ0) is 18.5. The molecule has 0 bridgehead atoms. The van der Waals surface area contributed by atoms with Gasteiger partial charge >= 0.3 is 0 Å². The Bertz CT molecular complexity index is 867. The Balaban J connectivity index is 1.71. The zero-order valence-electron chi connectivity index (χ0n) is 14.6. The molecule has 1 heterocycles. The summed E-state index contributed by atoms with van der Waals surface area (Å²) in [7, 11) is 1.92. The van der Waals surface area contributed by atoms with Crippen molar-refractivity contribution in [2.45, 2.75) is 13.0 Å². The number of rotatable bonds is 6. The van der Waals surface area contributed by atoms with Crippen molar-refractivity contribution in [2.24, 2.45) is 0 Å². The lowest BCUT2D eigenvalue weighted by Gasteiger charge is -2.24. The molecule has 6 nitrogen and oxygen atoms in total. The first-order chi connectivity index (χ1) is 12.5. The van der Waals surface area contributed by atoms with E-state index in [0.29, 0.717) is 16.4 Å². The lowest BCUT2D eigenvalue weighted by atomic mass is 10.1. The molecule has 1 aromatic heterocycles. The van der Waals surface area contributed by atoms with Crippen molar-refractivity contribution in [1.82, 2.24) is 19.7 Å². The second-order valence-corrected chi connectivity index (χ2v) is 6.49. The van der Waals surface area contributed by atoms with E-state index in [2.05, 4.69) is 34.5 Å². The van der Waals surface area contributed by atoms with Gasteiger partial charge in [-0.1, -0.05) is 41.9 Å². The van der Waals surface area contributed by atoms with Gasteiger partial charge in [0.1, 0.15) is 12.7 Å². The molecule has 0 unspecified atom stereocenters. The zero-order valence-corrected chi connectivity index (χ0v) is 15.4. The summed E-state index contributed by atoms with van der Waals surface area (Å²) in [6.07, 6.45) is 3.01. The smallest absolute Gasteiger partial charge is 0.238 e. The normalized spacial score (nSPS) is 12.2. The van der Waals surface area contributed by atoms with Crippen LogP contribution in [-0.2, 0) is 4.79 Å². The molecule has 1 amide bonds. The number of hydrogen-bond acceptors (Lipinski definition) is 4. The topological polar surface area (TPSA) is 63.1 Å². The molecule has 0 radical (unpaired) electrons. The maximum Gasteiger partial charge on any atom is 0.238 e. The number of nitrogens with zero attached hydrogens (tertiary/aromatic N) is 4. The summed E-state index contributed by atoms with van der Waals surface area (Å²) >= 11 is 6.09. The van der Waals surface area contributed by atoms with Crippen LogP contribution < -0.4 is 5.32 Å². The Morgan fingerprint density at radius 2 is 2.04 bits per heavy atom. The monoisotopic (exact) mass is 369 g/mol. The Kier molecular flexibility index (Phi) is 5.65. The lowest BCUT2D eigenvalue weighted by Crippen LogP contribution is -2.32. The summed E-state index contributed by atoms with van der Waals surface area (Å²) < 4.78 is 1.59. The van der Waals surface area contributed by atoms with Crippen molar-refractivity contribution in [3.05, 3.63) is 71.8 Å². The molecule has 0 spiro atoms. The molecule has 0 fully saturated rings. The van der Waals surface area contributed by atoms with Crippen LogP contribution >= 0.6 is 11.6 Å². The van der Waals surface area contributed by atoms with Crippen molar-refractivity contribution >= 4 is 23.2 Å². The molecule has 0 aliphatic carbocycles. The van der Waals surface area contributed by atoms with Crippen LogP contribution in [-0.4, -0.2) is 39.2 Å². The molecule has 0 aliphatic heterocycles. The van der Waals surface area contributed by atoms with Gasteiger partial charge in [0.2, 0.25) is 5.91 Å². The maximum absolute atomic E-state index is 12.6. The van der Waals surface area contributed by atoms with Crippen LogP contribution in [0.5, 0.6) is 0 Å². The standard InChI is InChI=1S/C19H20ClN5O/c1-14(15-6-4-3-5-7-15)24(2)11-19(26)23-17-10-16(20)8-9-18(17)25-13-21-12-22-25/h3-10,12-14H,11H2,1-2H3,(H,23,26)/t14-/m1/s1. The van der Waals surface area contributed by atoms with Crippen LogP contribution in [0.15, 0.2) is 61.2 Å². The number of amides is 1. The van der Waals surface area contributed by atoms with Crippen molar-refractivity contribution in [3.63, 3.8) is 0 Å². The van der Waals surface area contributed by atoms with Gasteiger partial charge in [-0.2, -0.15) is 5.10 Å². The number of carbonyl (C=O) groups is 1. The average molecular weight is 370 g/mol. The van der Waals surface area contributed by atoms with Crippen LogP contribution in [0.25, 0.3) is 5.69 Å². The van der Waals surface area contributed by atoms with Gasteiger partial charge in [0.25, 0.3) is 0 Å². The third kappa shape index (κ3) is 4.28. The molecular formula is C19H20ClN5O. The predicted octanol–water partition coefficient (Wildman–Crippen LogP) is 3.55. The molecule has 1 N–H and O–H groups in total. The fourth-order valence-electron chi connectivity index (χ4n) is 2.68. The first kappa shape index (κ1) is 18.1. The fourth-order valence-corrected chi connectivity index (χ4v) is 2.85. The Hall–Kier alpha value is -2.70. The van der Waals surface area contributed by atoms with Gasteiger partial charge in [0.15, 0.2) is 0 Å². The van der Waals surface area contributed by atoms with Crippen molar-refractivity contribution in [3.8, 4) is 5.69 Å². The highest BCUT2D eigenvalue weighted by atomic mass is 35.5. The molecule has 3 aromatic rings. The summed E-state index contributed by atoms with van der Waals surface area (Å²) in [6.45, 7) is 2.32. The van der Waals surface area contributed by atoms with Gasteiger partial charge in [0.05, 0.1) is 17.9 Å². The molecule has 134 valence electrons. The van der Waals surface area contributed by atoms with Crippen molar-refractivity contribution in [2.75, 3.05) is 18.9 Å². The summed E-state index contributed by atoms with van der Waals surface area (Å²) in [5.41, 5.74) is 2.46. The number of hydrogen-bond donors (Lipinski definition) is 1. The quantitative estimate of drug-likeness (QED) is 0.721. The Morgan fingerprint density at radius 3 is 2.73 bits per heavy atom. The summed E-state index contributed by atoms with van der Waals surface area (Å²) in [4.78, 5) is 18.5. The minimum Gasteiger partial charge on any atom is -0.323 e. The maximum atomic E-state index is 12.6. The van der Waals surface area contributed by atoms with Crippen LogP contribution in [0.2, 0.25) is 5.02 Å². The SMILES string of the molecule is C[C@H](c1ccccc1)N(C)CC(=O)Nc1cc(Cl)ccc1-n1cncn1. The molecule has 0 saturated heterocycles. The van der Waals surface area contributed by atoms with Crippen LogP contribution in [0.1, 0.15) is 18.5 Å². The number of carbonyl (C=O) groups excluding carboxylic acids is 1. The van der Waals surface area contributed by atoms with E-state index in [4.69, 9.17) is 11.6 Å². The van der Waals surface area contributed by atoms with Crippen LogP contribution in [0.4, 0.5) is 5.69 Å². The number of nitrogens with one attached hydrogen (secondary N) is 1. The number of anilines is 1. The van der Waals surface area contributed by atoms with E-state index in [-0.39, 0.29) is 18.5 Å². The lowest BCUT2D eigenvalue weighted by molar-refractivity contribution is -0.117. The third-order valence-electron chi connectivity index (χ3n) is 4.23. The van der Waals surface area contributed by atoms with Crippen LogP contribution in [0.3, 0.4) is 0 Å². The van der Waals surface area contributed by atoms with E-state index < -0.39 is 0 Å². The Labute approximate surface area is 157 Å².